The van der Waals surface area contributed by atoms with E-state index in [0.29, 0.717) is 28.0 Å². The maximum Gasteiger partial charge on any atom is 0.325 e. The Balaban J connectivity index is 1.44. The molecule has 1 N–H and O–H groups in total. The van der Waals surface area contributed by atoms with E-state index in [2.05, 4.69) is 10.4 Å². The first-order chi connectivity index (χ1) is 16.8. The highest BCUT2D eigenvalue weighted by molar-refractivity contribution is 6.31. The van der Waals surface area contributed by atoms with Crippen LogP contribution >= 0.6 is 11.6 Å². The van der Waals surface area contributed by atoms with E-state index in [-0.39, 0.29) is 30.3 Å². The normalized spacial score (nSPS) is 17.9. The van der Waals surface area contributed by atoms with Crippen molar-refractivity contribution < 1.29 is 19.1 Å². The molecule has 1 fully saturated rings. The average Bonchev–Trinajstić information content (AvgIpc) is 3.40. The zero-order valence-corrected chi connectivity index (χ0v) is 21.1. The van der Waals surface area contributed by atoms with Crippen molar-refractivity contribution in [1.29, 1.82) is 0 Å². The van der Waals surface area contributed by atoms with Crippen molar-refractivity contribution in [3.63, 3.8) is 0 Å². The van der Waals surface area contributed by atoms with Gasteiger partial charge in [-0.1, -0.05) is 18.5 Å². The lowest BCUT2D eigenvalue weighted by atomic mass is 9.90. The van der Waals surface area contributed by atoms with Crippen LogP contribution in [0.15, 0.2) is 30.6 Å². The van der Waals surface area contributed by atoms with Gasteiger partial charge >= 0.3 is 5.97 Å². The van der Waals surface area contributed by atoms with Crippen LogP contribution < -0.4 is 5.32 Å². The quantitative estimate of drug-likeness (QED) is 0.353. The number of nitrogens with zero attached hydrogens (tertiary/aromatic N) is 3. The Morgan fingerprint density at radius 1 is 1.17 bits per heavy atom. The standard InChI is InChI=1S/C26H31ClN4O4/c1-4-5-24(32)21-13-28-31(16(21)2)19-9-7-18(8-10-19)29-26(34)22-14-30(15-25(33)35-3)23-11-6-17(27)12-20(22)23/h6,11-14,18-19H,4-5,7-10,15H2,1-3H3,(H,29,34)/t18-,19-. The van der Waals surface area contributed by atoms with E-state index in [1.54, 1.807) is 35.2 Å². The number of carbonyl (C=O) groups is 3. The van der Waals surface area contributed by atoms with Gasteiger partial charge in [-0.2, -0.15) is 5.10 Å². The largest absolute Gasteiger partial charge is 0.468 e. The summed E-state index contributed by atoms with van der Waals surface area (Å²) in [6.07, 6.45) is 8.09. The molecular formula is C26H31ClN4O4. The molecule has 4 rings (SSSR count). The molecule has 1 aliphatic rings. The van der Waals surface area contributed by atoms with Gasteiger partial charge in [-0.15, -0.1) is 0 Å². The van der Waals surface area contributed by atoms with E-state index in [0.717, 1.165) is 43.3 Å². The molecule has 0 unspecified atom stereocenters. The highest BCUT2D eigenvalue weighted by atomic mass is 35.5. The summed E-state index contributed by atoms with van der Waals surface area (Å²) in [6, 6.07) is 5.53. The van der Waals surface area contributed by atoms with Crippen LogP contribution in [0.3, 0.4) is 0 Å². The number of esters is 1. The second-order valence-corrected chi connectivity index (χ2v) is 9.59. The fourth-order valence-electron chi connectivity index (χ4n) is 4.94. The Morgan fingerprint density at radius 3 is 2.60 bits per heavy atom. The molecule has 0 atom stereocenters. The van der Waals surface area contributed by atoms with Gasteiger partial charge < -0.3 is 14.6 Å². The van der Waals surface area contributed by atoms with Gasteiger partial charge in [0.15, 0.2) is 5.78 Å². The summed E-state index contributed by atoms with van der Waals surface area (Å²) in [6.45, 7) is 3.97. The summed E-state index contributed by atoms with van der Waals surface area (Å²) in [7, 11) is 1.34. The van der Waals surface area contributed by atoms with Gasteiger partial charge in [-0.3, -0.25) is 19.1 Å². The van der Waals surface area contributed by atoms with Gasteiger partial charge in [0.1, 0.15) is 6.54 Å². The number of carbonyl (C=O) groups excluding carboxylic acids is 3. The monoisotopic (exact) mass is 498 g/mol. The summed E-state index contributed by atoms with van der Waals surface area (Å²) in [5, 5.41) is 8.89. The molecule has 1 aliphatic carbocycles. The first-order valence-corrected chi connectivity index (χ1v) is 12.4. The van der Waals surface area contributed by atoms with E-state index in [1.165, 1.54) is 7.11 Å². The third kappa shape index (κ3) is 5.27. The topological polar surface area (TPSA) is 95.2 Å². The van der Waals surface area contributed by atoms with Gasteiger partial charge in [0.2, 0.25) is 0 Å². The van der Waals surface area contributed by atoms with Crippen molar-refractivity contribution >= 4 is 40.2 Å². The number of hydrogen-bond acceptors (Lipinski definition) is 5. The van der Waals surface area contributed by atoms with Crippen molar-refractivity contribution in [2.75, 3.05) is 7.11 Å². The summed E-state index contributed by atoms with van der Waals surface area (Å²) in [5.41, 5.74) is 2.86. The molecule has 3 aromatic rings. The first-order valence-electron chi connectivity index (χ1n) is 12.1. The number of rotatable bonds is 8. The lowest BCUT2D eigenvalue weighted by Gasteiger charge is -2.30. The van der Waals surface area contributed by atoms with Crippen molar-refractivity contribution in [3.05, 3.63) is 52.4 Å². The van der Waals surface area contributed by atoms with E-state index in [9.17, 15) is 14.4 Å². The summed E-state index contributed by atoms with van der Waals surface area (Å²) in [4.78, 5) is 37.4. The lowest BCUT2D eigenvalue weighted by Crippen LogP contribution is -2.38. The predicted octanol–water partition coefficient (Wildman–Crippen LogP) is 4.87. The summed E-state index contributed by atoms with van der Waals surface area (Å²) < 4.78 is 8.47. The minimum atomic E-state index is -0.393. The van der Waals surface area contributed by atoms with Crippen molar-refractivity contribution in [3.8, 4) is 0 Å². The van der Waals surface area contributed by atoms with Gasteiger partial charge in [0.05, 0.1) is 30.5 Å². The second-order valence-electron chi connectivity index (χ2n) is 9.15. The summed E-state index contributed by atoms with van der Waals surface area (Å²) in [5.74, 6) is -0.439. The number of hydrogen-bond donors (Lipinski definition) is 1. The second kappa shape index (κ2) is 10.6. The fraction of sp³-hybridized carbons (Fsp3) is 0.462. The highest BCUT2D eigenvalue weighted by Gasteiger charge is 2.27. The van der Waals surface area contributed by atoms with Crippen LogP contribution in [0.1, 0.15) is 77.9 Å². The van der Waals surface area contributed by atoms with Crippen LogP contribution in [-0.2, 0) is 16.1 Å². The molecule has 1 aromatic carbocycles. The van der Waals surface area contributed by atoms with Gasteiger partial charge in [0.25, 0.3) is 5.91 Å². The third-order valence-corrected chi connectivity index (χ3v) is 7.05. The van der Waals surface area contributed by atoms with Gasteiger partial charge in [-0.05, 0) is 57.2 Å². The van der Waals surface area contributed by atoms with Crippen LogP contribution in [0.4, 0.5) is 0 Å². The number of benzene rings is 1. The van der Waals surface area contributed by atoms with Crippen LogP contribution in [-0.4, -0.2) is 45.2 Å². The van der Waals surface area contributed by atoms with E-state index in [1.807, 2.05) is 18.5 Å². The number of halogens is 1. The molecule has 8 nitrogen and oxygen atoms in total. The number of ketones is 1. The zero-order chi connectivity index (χ0) is 25.1. The summed E-state index contributed by atoms with van der Waals surface area (Å²) >= 11 is 6.19. The number of methoxy groups -OCH3 is 1. The number of amides is 1. The number of Topliss-reactive ketones (excluding diaryl/α,β-unsaturated/α-hetero) is 1. The molecule has 1 amide bonds. The molecule has 0 spiro atoms. The Morgan fingerprint density at radius 2 is 1.91 bits per heavy atom. The Bertz CT molecular complexity index is 1250. The maximum atomic E-state index is 13.2. The van der Waals surface area contributed by atoms with Crippen LogP contribution in [0.5, 0.6) is 0 Å². The first kappa shape index (κ1) is 25.0. The Hall–Kier alpha value is -3.13. The SMILES string of the molecule is CCCC(=O)c1cnn([C@H]2CC[C@H](NC(=O)c3cn(CC(=O)OC)c4ccc(Cl)cc34)CC2)c1C. The molecule has 2 aromatic heterocycles. The smallest absolute Gasteiger partial charge is 0.325 e. The molecule has 0 radical (unpaired) electrons. The predicted molar refractivity (Wildman–Crippen MR) is 134 cm³/mol. The van der Waals surface area contributed by atoms with E-state index < -0.39 is 5.97 Å². The fourth-order valence-corrected chi connectivity index (χ4v) is 5.11. The minimum absolute atomic E-state index is 0.0129. The maximum absolute atomic E-state index is 13.2. The zero-order valence-electron chi connectivity index (χ0n) is 20.3. The van der Waals surface area contributed by atoms with Crippen LogP contribution in [0, 0.1) is 6.92 Å². The highest BCUT2D eigenvalue weighted by Crippen LogP contribution is 2.31. The van der Waals surface area contributed by atoms with E-state index >= 15 is 0 Å². The lowest BCUT2D eigenvalue weighted by molar-refractivity contribution is -0.141. The van der Waals surface area contributed by atoms with Crippen LogP contribution in [0.25, 0.3) is 10.9 Å². The van der Waals surface area contributed by atoms with Crippen LogP contribution in [0.2, 0.25) is 5.02 Å². The molecule has 2 heterocycles. The minimum Gasteiger partial charge on any atom is -0.468 e. The Labute approximate surface area is 209 Å². The third-order valence-electron chi connectivity index (χ3n) is 6.81. The molecule has 1 saturated carbocycles. The average molecular weight is 499 g/mol. The number of ether oxygens (including phenoxy) is 1. The van der Waals surface area contributed by atoms with Crippen molar-refractivity contribution in [1.82, 2.24) is 19.7 Å². The van der Waals surface area contributed by atoms with Gasteiger partial charge in [0, 0.05) is 40.3 Å². The molecule has 0 bridgehead atoms. The Kier molecular flexibility index (Phi) is 7.60. The molecular weight excluding hydrogens is 468 g/mol. The number of nitrogens with one attached hydrogen (secondary N) is 1. The molecule has 0 aliphatic heterocycles. The number of aromatic nitrogens is 3. The molecule has 0 saturated heterocycles. The van der Waals surface area contributed by atoms with Crippen molar-refractivity contribution in [2.45, 2.75) is 71.0 Å². The number of fused-ring (bicyclic) bond motifs is 1. The van der Waals surface area contributed by atoms with Gasteiger partial charge in [-0.25, -0.2) is 0 Å². The molecule has 186 valence electrons. The van der Waals surface area contributed by atoms with E-state index in [4.69, 9.17) is 16.3 Å². The molecule has 35 heavy (non-hydrogen) atoms. The van der Waals surface area contributed by atoms with Crippen molar-refractivity contribution in [2.24, 2.45) is 0 Å². The molecule has 9 heteroatoms.